The Hall–Kier alpha value is -0.640. The molecule has 1 unspecified atom stereocenters. The lowest BCUT2D eigenvalue weighted by molar-refractivity contribution is -0.126. The Kier molecular flexibility index (Phi) is 5.21. The van der Waals surface area contributed by atoms with Crippen LogP contribution < -0.4 is 11.1 Å². The second kappa shape index (κ2) is 5.45. The van der Waals surface area contributed by atoms with E-state index < -0.39 is 5.41 Å². The van der Waals surface area contributed by atoms with Gasteiger partial charge in [-0.25, -0.2) is 0 Å². The molecule has 0 fully saturated rings. The van der Waals surface area contributed by atoms with E-state index in [0.29, 0.717) is 5.92 Å². The Labute approximate surface area is 97.8 Å². The molecule has 0 aliphatic carbocycles. The molecule has 0 aromatic carbocycles. The van der Waals surface area contributed by atoms with Gasteiger partial charge in [-0.2, -0.15) is 0 Å². The molecule has 0 spiro atoms. The molecule has 1 amide bonds. The summed E-state index contributed by atoms with van der Waals surface area (Å²) in [6.45, 7) is 9.73. The summed E-state index contributed by atoms with van der Waals surface area (Å²) < 4.78 is 0. The van der Waals surface area contributed by atoms with Crippen molar-refractivity contribution in [2.24, 2.45) is 17.1 Å². The number of nitrogens with two attached hydrogens (primary N) is 1. The Morgan fingerprint density at radius 3 is 2.20 bits per heavy atom. The summed E-state index contributed by atoms with van der Waals surface area (Å²) in [4.78, 5) is 12.1. The van der Waals surface area contributed by atoms with E-state index in [1.807, 2.05) is 6.92 Å². The molecule has 15 heavy (non-hydrogen) atoms. The fourth-order valence-electron chi connectivity index (χ4n) is 1.28. The van der Waals surface area contributed by atoms with Crippen LogP contribution in [0.1, 0.15) is 41.0 Å². The molecule has 0 aromatic rings. The number of nitrogens with one attached hydrogen (secondary N) is 1. The molecule has 0 rings (SSSR count). The molecule has 0 radical (unpaired) electrons. The van der Waals surface area contributed by atoms with E-state index in [1.54, 1.807) is 13.8 Å². The third-order valence-electron chi connectivity index (χ3n) is 2.39. The molecular formula is C11H22N2OS. The zero-order chi connectivity index (χ0) is 12.2. The maximum atomic E-state index is 11.8. The molecule has 3 nitrogen and oxygen atoms in total. The third kappa shape index (κ3) is 4.60. The van der Waals surface area contributed by atoms with Crippen LogP contribution in [-0.4, -0.2) is 16.9 Å². The molecule has 88 valence electrons. The highest BCUT2D eigenvalue weighted by atomic mass is 32.1. The standard InChI is InChI=1S/C11H22N2OS/c1-7(2)6-8(3)13-10(14)11(4,5)9(12)15/h7-8H,6H2,1-5H3,(H2,12,15)(H,13,14). The summed E-state index contributed by atoms with van der Waals surface area (Å²) in [7, 11) is 0. The van der Waals surface area contributed by atoms with Crippen LogP contribution in [0.15, 0.2) is 0 Å². The molecule has 0 saturated carbocycles. The third-order valence-corrected chi connectivity index (χ3v) is 2.90. The van der Waals surface area contributed by atoms with E-state index in [9.17, 15) is 4.79 Å². The molecule has 1 atom stereocenters. The maximum Gasteiger partial charge on any atom is 0.232 e. The maximum absolute atomic E-state index is 11.8. The van der Waals surface area contributed by atoms with E-state index in [4.69, 9.17) is 18.0 Å². The molecule has 0 aliphatic rings. The largest absolute Gasteiger partial charge is 0.392 e. The Morgan fingerprint density at radius 1 is 1.40 bits per heavy atom. The van der Waals surface area contributed by atoms with E-state index >= 15 is 0 Å². The van der Waals surface area contributed by atoms with Crippen LogP contribution in [0.2, 0.25) is 0 Å². The van der Waals surface area contributed by atoms with Gasteiger partial charge in [0.15, 0.2) is 0 Å². The van der Waals surface area contributed by atoms with E-state index in [1.165, 1.54) is 0 Å². The van der Waals surface area contributed by atoms with Gasteiger partial charge in [-0.15, -0.1) is 0 Å². The predicted octanol–water partition coefficient (Wildman–Crippen LogP) is 1.85. The van der Waals surface area contributed by atoms with Crippen molar-refractivity contribution >= 4 is 23.1 Å². The predicted molar refractivity (Wildman–Crippen MR) is 67.6 cm³/mol. The number of rotatable bonds is 5. The molecule has 3 N–H and O–H groups in total. The van der Waals surface area contributed by atoms with Gasteiger partial charge in [0.2, 0.25) is 5.91 Å². The first-order chi connectivity index (χ1) is 6.67. The van der Waals surface area contributed by atoms with Gasteiger partial charge >= 0.3 is 0 Å². The molecule has 0 heterocycles. The van der Waals surface area contributed by atoms with Crippen molar-refractivity contribution in [3.63, 3.8) is 0 Å². The molecule has 4 heteroatoms. The first kappa shape index (κ1) is 14.4. The normalized spacial score (nSPS) is 13.7. The second-order valence-corrected chi connectivity index (χ2v) is 5.43. The van der Waals surface area contributed by atoms with Crippen LogP contribution in [0.3, 0.4) is 0 Å². The number of hydrogen-bond acceptors (Lipinski definition) is 2. The van der Waals surface area contributed by atoms with E-state index in [-0.39, 0.29) is 16.9 Å². The van der Waals surface area contributed by atoms with Crippen molar-refractivity contribution in [1.82, 2.24) is 5.32 Å². The number of hydrogen-bond donors (Lipinski definition) is 2. The van der Waals surface area contributed by atoms with Gasteiger partial charge in [-0.3, -0.25) is 4.79 Å². The van der Waals surface area contributed by atoms with Crippen molar-refractivity contribution in [3.05, 3.63) is 0 Å². The highest BCUT2D eigenvalue weighted by Gasteiger charge is 2.31. The van der Waals surface area contributed by atoms with E-state index in [0.717, 1.165) is 6.42 Å². The zero-order valence-corrected chi connectivity index (χ0v) is 11.1. The van der Waals surface area contributed by atoms with Crippen molar-refractivity contribution < 1.29 is 4.79 Å². The minimum Gasteiger partial charge on any atom is -0.392 e. The monoisotopic (exact) mass is 230 g/mol. The SMILES string of the molecule is CC(C)CC(C)NC(=O)C(C)(C)C(N)=S. The lowest BCUT2D eigenvalue weighted by Gasteiger charge is -2.25. The van der Waals surface area contributed by atoms with Crippen molar-refractivity contribution in [2.45, 2.75) is 47.1 Å². The number of carbonyl (C=O) groups is 1. The first-order valence-corrected chi connectivity index (χ1v) is 5.69. The minimum atomic E-state index is -0.763. The lowest BCUT2D eigenvalue weighted by atomic mass is 9.91. The average Bonchev–Trinajstić information content (AvgIpc) is 2.01. The van der Waals surface area contributed by atoms with Gasteiger partial charge in [-0.1, -0.05) is 26.1 Å². The van der Waals surface area contributed by atoms with Gasteiger partial charge in [-0.05, 0) is 33.1 Å². The summed E-state index contributed by atoms with van der Waals surface area (Å²) >= 11 is 4.87. The quantitative estimate of drug-likeness (QED) is 0.709. The molecule has 0 saturated heterocycles. The number of carbonyl (C=O) groups excluding carboxylic acids is 1. The Balaban J connectivity index is 4.31. The van der Waals surface area contributed by atoms with Crippen LogP contribution in [-0.2, 0) is 4.79 Å². The van der Waals surface area contributed by atoms with Gasteiger partial charge in [0.05, 0.1) is 10.4 Å². The first-order valence-electron chi connectivity index (χ1n) is 5.28. The summed E-state index contributed by atoms with van der Waals surface area (Å²) in [6, 6.07) is 0.158. The van der Waals surface area contributed by atoms with Crippen LogP contribution in [0.25, 0.3) is 0 Å². The summed E-state index contributed by atoms with van der Waals surface area (Å²) in [5, 5.41) is 2.93. The topological polar surface area (TPSA) is 55.1 Å². The van der Waals surface area contributed by atoms with Crippen molar-refractivity contribution in [2.75, 3.05) is 0 Å². The van der Waals surface area contributed by atoms with Crippen molar-refractivity contribution in [3.8, 4) is 0 Å². The molecular weight excluding hydrogens is 208 g/mol. The average molecular weight is 230 g/mol. The second-order valence-electron chi connectivity index (χ2n) is 4.99. The number of thiocarbonyl (C=S) groups is 1. The van der Waals surface area contributed by atoms with Gasteiger partial charge in [0, 0.05) is 6.04 Å². The summed E-state index contributed by atoms with van der Waals surface area (Å²) in [6.07, 6.45) is 0.957. The van der Waals surface area contributed by atoms with Crippen LogP contribution in [0.5, 0.6) is 0 Å². The molecule has 0 aromatic heterocycles. The minimum absolute atomic E-state index is 0.0943. The van der Waals surface area contributed by atoms with E-state index in [2.05, 4.69) is 19.2 Å². The molecule has 0 aliphatic heterocycles. The smallest absolute Gasteiger partial charge is 0.232 e. The highest BCUT2D eigenvalue weighted by Crippen LogP contribution is 2.16. The number of amides is 1. The fraction of sp³-hybridized carbons (Fsp3) is 0.818. The molecule has 0 bridgehead atoms. The lowest BCUT2D eigenvalue weighted by Crippen LogP contribution is -2.47. The van der Waals surface area contributed by atoms with Crippen LogP contribution in [0, 0.1) is 11.3 Å². The van der Waals surface area contributed by atoms with Gasteiger partial charge < -0.3 is 11.1 Å². The van der Waals surface area contributed by atoms with Gasteiger partial charge in [0.25, 0.3) is 0 Å². The van der Waals surface area contributed by atoms with Crippen LogP contribution in [0.4, 0.5) is 0 Å². The highest BCUT2D eigenvalue weighted by molar-refractivity contribution is 7.80. The zero-order valence-electron chi connectivity index (χ0n) is 10.3. The van der Waals surface area contributed by atoms with Gasteiger partial charge in [0.1, 0.15) is 0 Å². The summed E-state index contributed by atoms with van der Waals surface area (Å²) in [5.41, 5.74) is 4.76. The van der Waals surface area contributed by atoms with Crippen molar-refractivity contribution in [1.29, 1.82) is 0 Å². The summed E-state index contributed by atoms with van der Waals surface area (Å²) in [5.74, 6) is 0.469. The fourth-order valence-corrected chi connectivity index (χ4v) is 1.37. The Morgan fingerprint density at radius 2 is 1.87 bits per heavy atom. The van der Waals surface area contributed by atoms with Crippen LogP contribution >= 0.6 is 12.2 Å². The Bertz CT molecular complexity index is 249.